The second-order valence-corrected chi connectivity index (χ2v) is 4.08. The van der Waals surface area contributed by atoms with Gasteiger partial charge < -0.3 is 0 Å². The molecule has 1 atom stereocenters. The van der Waals surface area contributed by atoms with Gasteiger partial charge in [0.2, 0.25) is 5.24 Å². The molecule has 0 aliphatic heterocycles. The van der Waals surface area contributed by atoms with Gasteiger partial charge in [0.25, 0.3) is 0 Å². The van der Waals surface area contributed by atoms with Gasteiger partial charge in [-0.2, -0.15) is 0 Å². The smallest absolute Gasteiger partial charge is 0.244 e. The number of benzene rings is 2. The molecule has 2 aromatic carbocycles. The van der Waals surface area contributed by atoms with Crippen LogP contribution in [0, 0.1) is 0 Å². The Morgan fingerprint density at radius 2 is 1.73 bits per heavy atom. The highest BCUT2D eigenvalue weighted by Crippen LogP contribution is 2.26. The van der Waals surface area contributed by atoms with E-state index in [2.05, 4.69) is 0 Å². The highest BCUT2D eigenvalue weighted by atomic mass is 35.5. The van der Waals surface area contributed by atoms with Crippen molar-refractivity contribution in [3.05, 3.63) is 48.0 Å². The first kappa shape index (κ1) is 10.5. The van der Waals surface area contributed by atoms with E-state index in [1.54, 1.807) is 0 Å². The summed E-state index contributed by atoms with van der Waals surface area (Å²) in [5, 5.41) is 0.855. The molecule has 0 spiro atoms. The molecular weight excluding hydrogens is 231 g/mol. The predicted molar refractivity (Wildman–Crippen MR) is 63.4 cm³/mol. The fourth-order valence-corrected chi connectivity index (χ4v) is 1.76. The Labute approximate surface area is 97.6 Å². The zero-order valence-electron chi connectivity index (χ0n) is 7.78. The third-order valence-electron chi connectivity index (χ3n) is 2.27. The maximum Gasteiger partial charge on any atom is 0.244 e. The minimum absolute atomic E-state index is 0.549. The Kier molecular flexibility index (Phi) is 2.94. The van der Waals surface area contributed by atoms with Crippen LogP contribution in [0.2, 0.25) is 0 Å². The van der Waals surface area contributed by atoms with Crippen LogP contribution in [0.15, 0.2) is 42.5 Å². The molecule has 0 N–H and O–H groups in total. The Hall–Kier alpha value is -1.05. The lowest BCUT2D eigenvalue weighted by Crippen LogP contribution is -1.98. The first-order valence-electron chi connectivity index (χ1n) is 4.50. The molecule has 76 valence electrons. The van der Waals surface area contributed by atoms with Crippen molar-refractivity contribution in [2.75, 3.05) is 0 Å². The summed E-state index contributed by atoms with van der Waals surface area (Å²) < 4.78 is 0. The molecule has 0 bridgehead atoms. The Bertz CT molecular complexity index is 508. The molecule has 0 aliphatic carbocycles. The van der Waals surface area contributed by atoms with Crippen molar-refractivity contribution in [3.8, 4) is 0 Å². The van der Waals surface area contributed by atoms with Crippen molar-refractivity contribution < 1.29 is 4.79 Å². The van der Waals surface area contributed by atoms with Crippen LogP contribution in [0.4, 0.5) is 0 Å². The highest BCUT2D eigenvalue weighted by molar-refractivity contribution is 6.68. The van der Waals surface area contributed by atoms with Crippen molar-refractivity contribution in [3.63, 3.8) is 0 Å². The summed E-state index contributed by atoms with van der Waals surface area (Å²) in [5.74, 6) is 0. The van der Waals surface area contributed by atoms with Gasteiger partial charge in [-0.05, 0) is 34.0 Å². The van der Waals surface area contributed by atoms with Gasteiger partial charge in [-0.1, -0.05) is 36.4 Å². The third-order valence-corrected chi connectivity index (χ3v) is 3.05. The van der Waals surface area contributed by atoms with E-state index >= 15 is 0 Å². The van der Waals surface area contributed by atoms with Gasteiger partial charge in [-0.25, -0.2) is 0 Å². The quantitative estimate of drug-likeness (QED) is 0.574. The lowest BCUT2D eigenvalue weighted by molar-refractivity contribution is -0.111. The lowest BCUT2D eigenvalue weighted by atomic mass is 10.1. The summed E-state index contributed by atoms with van der Waals surface area (Å²) in [7, 11) is 0. The van der Waals surface area contributed by atoms with E-state index in [4.69, 9.17) is 23.2 Å². The van der Waals surface area contributed by atoms with Crippen molar-refractivity contribution in [1.82, 2.24) is 0 Å². The first-order valence-corrected chi connectivity index (χ1v) is 5.32. The summed E-state index contributed by atoms with van der Waals surface area (Å²) >= 11 is 11.2. The van der Waals surface area contributed by atoms with E-state index in [0.717, 1.165) is 16.3 Å². The highest BCUT2D eigenvalue weighted by Gasteiger charge is 2.14. The van der Waals surface area contributed by atoms with Crippen LogP contribution in [-0.2, 0) is 4.79 Å². The van der Waals surface area contributed by atoms with Gasteiger partial charge in [0.1, 0.15) is 5.38 Å². The number of halogens is 2. The number of carbonyl (C=O) groups is 1. The van der Waals surface area contributed by atoms with Crippen LogP contribution in [0.3, 0.4) is 0 Å². The second-order valence-electron chi connectivity index (χ2n) is 3.27. The molecule has 2 rings (SSSR count). The molecule has 0 saturated heterocycles. The minimum atomic E-state index is -0.767. The molecule has 1 nitrogen and oxygen atoms in total. The van der Waals surface area contributed by atoms with Gasteiger partial charge in [0.05, 0.1) is 0 Å². The molecule has 15 heavy (non-hydrogen) atoms. The summed E-state index contributed by atoms with van der Waals surface area (Å²) in [6.45, 7) is 0. The topological polar surface area (TPSA) is 17.1 Å². The fourth-order valence-electron chi connectivity index (χ4n) is 1.50. The number of rotatable bonds is 2. The number of fused-ring (bicyclic) bond motifs is 1. The SMILES string of the molecule is O=C(Cl)C(Cl)c1ccc2ccccc2c1. The standard InChI is InChI=1S/C12H8Cl2O/c13-11(12(14)15)10-6-5-8-3-1-2-4-9(8)7-10/h1-7,11H. The van der Waals surface area contributed by atoms with Crippen molar-refractivity contribution in [1.29, 1.82) is 0 Å². The average molecular weight is 239 g/mol. The van der Waals surface area contributed by atoms with Crippen LogP contribution in [0.1, 0.15) is 10.9 Å². The van der Waals surface area contributed by atoms with Gasteiger partial charge in [-0.3, -0.25) is 4.79 Å². The second kappa shape index (κ2) is 4.21. The van der Waals surface area contributed by atoms with Gasteiger partial charge >= 0.3 is 0 Å². The Morgan fingerprint density at radius 1 is 1.07 bits per heavy atom. The average Bonchev–Trinajstić information content (AvgIpc) is 2.27. The maximum absolute atomic E-state index is 10.9. The van der Waals surface area contributed by atoms with Crippen LogP contribution in [0.5, 0.6) is 0 Å². The number of carbonyl (C=O) groups excluding carboxylic acids is 1. The molecule has 0 fully saturated rings. The monoisotopic (exact) mass is 238 g/mol. The number of alkyl halides is 1. The normalized spacial score (nSPS) is 12.7. The summed E-state index contributed by atoms with van der Waals surface area (Å²) in [5.41, 5.74) is 0.732. The molecule has 0 aromatic heterocycles. The Morgan fingerprint density at radius 3 is 2.40 bits per heavy atom. The molecule has 3 heteroatoms. The van der Waals surface area contributed by atoms with E-state index in [1.165, 1.54) is 0 Å². The largest absolute Gasteiger partial charge is 0.279 e. The van der Waals surface area contributed by atoms with E-state index < -0.39 is 10.6 Å². The summed E-state index contributed by atoms with van der Waals surface area (Å²) in [6.07, 6.45) is 0. The zero-order valence-corrected chi connectivity index (χ0v) is 9.29. The van der Waals surface area contributed by atoms with Crippen molar-refractivity contribution in [2.24, 2.45) is 0 Å². The zero-order chi connectivity index (χ0) is 10.8. The van der Waals surface area contributed by atoms with Crippen LogP contribution < -0.4 is 0 Å². The third kappa shape index (κ3) is 2.14. The molecule has 0 heterocycles. The van der Waals surface area contributed by atoms with Crippen LogP contribution >= 0.6 is 23.2 Å². The molecule has 0 saturated carbocycles. The summed E-state index contributed by atoms with van der Waals surface area (Å²) in [4.78, 5) is 10.9. The fraction of sp³-hybridized carbons (Fsp3) is 0.0833. The van der Waals surface area contributed by atoms with E-state index in [1.807, 2.05) is 42.5 Å². The summed E-state index contributed by atoms with van der Waals surface area (Å²) in [6, 6.07) is 13.5. The van der Waals surface area contributed by atoms with Crippen LogP contribution in [-0.4, -0.2) is 5.24 Å². The van der Waals surface area contributed by atoms with E-state index in [9.17, 15) is 4.79 Å². The maximum atomic E-state index is 10.9. The number of hydrogen-bond donors (Lipinski definition) is 0. The minimum Gasteiger partial charge on any atom is -0.279 e. The van der Waals surface area contributed by atoms with Gasteiger partial charge in [0.15, 0.2) is 0 Å². The van der Waals surface area contributed by atoms with E-state index in [-0.39, 0.29) is 0 Å². The van der Waals surface area contributed by atoms with Gasteiger partial charge in [0, 0.05) is 0 Å². The molecule has 1 unspecified atom stereocenters. The molecule has 0 radical (unpaired) electrons. The predicted octanol–water partition coefficient (Wildman–Crippen LogP) is 3.89. The van der Waals surface area contributed by atoms with E-state index in [0.29, 0.717) is 0 Å². The van der Waals surface area contributed by atoms with Gasteiger partial charge in [-0.15, -0.1) is 11.6 Å². The lowest BCUT2D eigenvalue weighted by Gasteiger charge is -2.05. The van der Waals surface area contributed by atoms with Crippen molar-refractivity contribution in [2.45, 2.75) is 5.38 Å². The molecule has 2 aromatic rings. The van der Waals surface area contributed by atoms with Crippen molar-refractivity contribution >= 4 is 39.2 Å². The number of hydrogen-bond acceptors (Lipinski definition) is 1. The molecule has 0 amide bonds. The Balaban J connectivity index is 2.51. The molecule has 0 aliphatic rings. The molecular formula is C12H8Cl2O. The first-order chi connectivity index (χ1) is 7.18. The van der Waals surface area contributed by atoms with Crippen LogP contribution in [0.25, 0.3) is 10.8 Å².